The summed E-state index contributed by atoms with van der Waals surface area (Å²) in [6.45, 7) is 0.594. The highest BCUT2D eigenvalue weighted by Crippen LogP contribution is 2.27. The Balaban J connectivity index is 1.62. The summed E-state index contributed by atoms with van der Waals surface area (Å²) in [5, 5.41) is 13.6. The van der Waals surface area contributed by atoms with Crippen molar-refractivity contribution in [1.82, 2.24) is 15.5 Å². The highest BCUT2D eigenvalue weighted by molar-refractivity contribution is 5.91. The van der Waals surface area contributed by atoms with E-state index in [1.54, 1.807) is 19.2 Å². The summed E-state index contributed by atoms with van der Waals surface area (Å²) < 4.78 is 6.01. The number of hydrogen-bond donors (Lipinski definition) is 2. The number of para-hydroxylation sites is 1. The zero-order valence-electron chi connectivity index (χ0n) is 13.1. The summed E-state index contributed by atoms with van der Waals surface area (Å²) in [5.41, 5.74) is 1.38. The van der Waals surface area contributed by atoms with Crippen LogP contribution in [0.15, 0.2) is 36.4 Å². The van der Waals surface area contributed by atoms with E-state index in [1.165, 1.54) is 6.42 Å². The second-order valence-electron chi connectivity index (χ2n) is 5.51. The van der Waals surface area contributed by atoms with Crippen LogP contribution in [0.25, 0.3) is 0 Å². The van der Waals surface area contributed by atoms with Gasteiger partial charge in [0.25, 0.3) is 5.91 Å². The van der Waals surface area contributed by atoms with E-state index < -0.39 is 0 Å². The van der Waals surface area contributed by atoms with Crippen LogP contribution in [0.4, 0.5) is 5.82 Å². The molecule has 1 fully saturated rings. The molecule has 0 radical (unpaired) electrons. The second-order valence-corrected chi connectivity index (χ2v) is 5.51. The SMILES string of the molecule is CNC(=O)c1ccc(NCc2ccccc2OC2CCC2)nn1. The summed E-state index contributed by atoms with van der Waals surface area (Å²) in [5.74, 6) is 1.29. The van der Waals surface area contributed by atoms with Crippen LogP contribution < -0.4 is 15.4 Å². The van der Waals surface area contributed by atoms with Crippen LogP contribution in [0.3, 0.4) is 0 Å². The minimum atomic E-state index is -0.247. The molecule has 1 amide bonds. The molecule has 2 aromatic rings. The van der Waals surface area contributed by atoms with Crippen LogP contribution >= 0.6 is 0 Å². The van der Waals surface area contributed by atoms with E-state index in [0.29, 0.717) is 24.2 Å². The van der Waals surface area contributed by atoms with Gasteiger partial charge in [-0.25, -0.2) is 0 Å². The predicted octanol–water partition coefficient (Wildman–Crippen LogP) is 2.38. The number of carbonyl (C=O) groups is 1. The number of rotatable bonds is 6. The number of carbonyl (C=O) groups excluding carboxylic acids is 1. The number of nitrogens with zero attached hydrogens (tertiary/aromatic N) is 2. The topological polar surface area (TPSA) is 76.1 Å². The van der Waals surface area contributed by atoms with Crippen molar-refractivity contribution in [2.45, 2.75) is 31.9 Å². The zero-order chi connectivity index (χ0) is 16.1. The highest BCUT2D eigenvalue weighted by atomic mass is 16.5. The smallest absolute Gasteiger partial charge is 0.271 e. The molecule has 0 bridgehead atoms. The van der Waals surface area contributed by atoms with Gasteiger partial charge in [0.2, 0.25) is 0 Å². The maximum Gasteiger partial charge on any atom is 0.271 e. The molecule has 6 heteroatoms. The molecule has 1 heterocycles. The van der Waals surface area contributed by atoms with E-state index in [1.807, 2.05) is 24.3 Å². The molecule has 120 valence electrons. The van der Waals surface area contributed by atoms with Crippen LogP contribution in [0.2, 0.25) is 0 Å². The van der Waals surface area contributed by atoms with Crippen molar-refractivity contribution >= 4 is 11.7 Å². The highest BCUT2D eigenvalue weighted by Gasteiger charge is 2.20. The maximum atomic E-state index is 11.4. The van der Waals surface area contributed by atoms with Crippen molar-refractivity contribution in [3.8, 4) is 5.75 Å². The van der Waals surface area contributed by atoms with Gasteiger partial charge in [-0.1, -0.05) is 18.2 Å². The number of benzene rings is 1. The van der Waals surface area contributed by atoms with Crippen LogP contribution in [0.5, 0.6) is 5.75 Å². The standard InChI is InChI=1S/C17H20N4O2/c1-18-17(22)14-9-10-16(21-20-14)19-11-12-5-2-3-8-15(12)23-13-6-4-7-13/h2-3,5,8-10,13H,4,6-7,11H2,1H3,(H,18,22)(H,19,21). The van der Waals surface area contributed by atoms with Gasteiger partial charge in [0.1, 0.15) is 11.6 Å². The molecule has 1 aromatic heterocycles. The van der Waals surface area contributed by atoms with E-state index in [2.05, 4.69) is 20.8 Å². The number of ether oxygens (including phenoxy) is 1. The third-order valence-electron chi connectivity index (χ3n) is 3.90. The first-order chi connectivity index (χ1) is 11.3. The van der Waals surface area contributed by atoms with E-state index in [-0.39, 0.29) is 5.91 Å². The van der Waals surface area contributed by atoms with Crippen molar-refractivity contribution in [2.75, 3.05) is 12.4 Å². The Bertz CT molecular complexity index is 669. The van der Waals surface area contributed by atoms with Crippen molar-refractivity contribution in [1.29, 1.82) is 0 Å². The molecule has 0 saturated heterocycles. The fourth-order valence-electron chi connectivity index (χ4n) is 2.29. The molecule has 1 aliphatic carbocycles. The lowest BCUT2D eigenvalue weighted by Crippen LogP contribution is -2.25. The average molecular weight is 312 g/mol. The molecular formula is C17H20N4O2. The van der Waals surface area contributed by atoms with Gasteiger partial charge in [-0.05, 0) is 37.5 Å². The molecule has 0 aliphatic heterocycles. The summed E-state index contributed by atoms with van der Waals surface area (Å²) >= 11 is 0. The van der Waals surface area contributed by atoms with Crippen molar-refractivity contribution in [2.24, 2.45) is 0 Å². The number of anilines is 1. The summed E-state index contributed by atoms with van der Waals surface area (Å²) in [7, 11) is 1.56. The van der Waals surface area contributed by atoms with Crippen LogP contribution in [0, 0.1) is 0 Å². The fourth-order valence-corrected chi connectivity index (χ4v) is 2.29. The van der Waals surface area contributed by atoms with Gasteiger partial charge >= 0.3 is 0 Å². The van der Waals surface area contributed by atoms with E-state index >= 15 is 0 Å². The van der Waals surface area contributed by atoms with Gasteiger partial charge in [0.15, 0.2) is 5.69 Å². The molecule has 1 saturated carbocycles. The molecule has 3 rings (SSSR count). The first kappa shape index (κ1) is 15.3. The minimum Gasteiger partial charge on any atom is -0.490 e. The molecule has 1 aliphatic rings. The molecule has 1 aromatic carbocycles. The molecule has 2 N–H and O–H groups in total. The summed E-state index contributed by atoms with van der Waals surface area (Å²) in [4.78, 5) is 11.4. The Morgan fingerprint density at radius 3 is 2.70 bits per heavy atom. The van der Waals surface area contributed by atoms with E-state index in [9.17, 15) is 4.79 Å². The first-order valence-corrected chi connectivity index (χ1v) is 7.80. The monoisotopic (exact) mass is 312 g/mol. The second kappa shape index (κ2) is 7.09. The molecule has 0 atom stereocenters. The Morgan fingerprint density at radius 1 is 1.22 bits per heavy atom. The molecule has 0 unspecified atom stereocenters. The Morgan fingerprint density at radius 2 is 2.04 bits per heavy atom. The van der Waals surface area contributed by atoms with Gasteiger partial charge in [-0.3, -0.25) is 4.79 Å². The number of amides is 1. The van der Waals surface area contributed by atoms with E-state index in [4.69, 9.17) is 4.74 Å². The zero-order valence-corrected chi connectivity index (χ0v) is 13.1. The van der Waals surface area contributed by atoms with Gasteiger partial charge in [-0.2, -0.15) is 0 Å². The Kier molecular flexibility index (Phi) is 4.71. The fraction of sp³-hybridized carbons (Fsp3) is 0.353. The molecule has 6 nitrogen and oxygen atoms in total. The summed E-state index contributed by atoms with van der Waals surface area (Å²) in [6.07, 6.45) is 3.86. The molecular weight excluding hydrogens is 292 g/mol. The summed E-state index contributed by atoms with van der Waals surface area (Å²) in [6, 6.07) is 11.4. The van der Waals surface area contributed by atoms with Crippen LogP contribution in [-0.2, 0) is 6.54 Å². The number of hydrogen-bond acceptors (Lipinski definition) is 5. The van der Waals surface area contributed by atoms with Gasteiger partial charge < -0.3 is 15.4 Å². The quantitative estimate of drug-likeness (QED) is 0.856. The molecule has 23 heavy (non-hydrogen) atoms. The van der Waals surface area contributed by atoms with Crippen molar-refractivity contribution < 1.29 is 9.53 Å². The lowest BCUT2D eigenvalue weighted by molar-refractivity contribution is 0.0957. The van der Waals surface area contributed by atoms with Gasteiger partial charge in [0.05, 0.1) is 6.10 Å². The Labute approximate surface area is 135 Å². The van der Waals surface area contributed by atoms with Crippen LogP contribution in [-0.4, -0.2) is 29.3 Å². The normalized spacial score (nSPS) is 14.0. The number of aromatic nitrogens is 2. The largest absolute Gasteiger partial charge is 0.490 e. The predicted molar refractivity (Wildman–Crippen MR) is 87.5 cm³/mol. The lowest BCUT2D eigenvalue weighted by Gasteiger charge is -2.27. The van der Waals surface area contributed by atoms with Gasteiger partial charge in [0, 0.05) is 19.2 Å². The minimum absolute atomic E-state index is 0.247. The third kappa shape index (κ3) is 3.77. The van der Waals surface area contributed by atoms with Crippen LogP contribution in [0.1, 0.15) is 35.3 Å². The third-order valence-corrected chi connectivity index (χ3v) is 3.90. The van der Waals surface area contributed by atoms with Gasteiger partial charge in [-0.15, -0.1) is 10.2 Å². The Hall–Kier alpha value is -2.63. The average Bonchev–Trinajstić information content (AvgIpc) is 2.57. The number of nitrogens with one attached hydrogen (secondary N) is 2. The first-order valence-electron chi connectivity index (χ1n) is 7.80. The maximum absolute atomic E-state index is 11.4. The van der Waals surface area contributed by atoms with Crippen molar-refractivity contribution in [3.05, 3.63) is 47.7 Å². The van der Waals surface area contributed by atoms with E-state index in [0.717, 1.165) is 24.2 Å². The lowest BCUT2D eigenvalue weighted by atomic mass is 9.96. The van der Waals surface area contributed by atoms with Crippen molar-refractivity contribution in [3.63, 3.8) is 0 Å². The molecule has 0 spiro atoms.